The topological polar surface area (TPSA) is 64.3 Å². The van der Waals surface area contributed by atoms with Gasteiger partial charge in [-0.05, 0) is 20.3 Å². The number of rotatable bonds is 6. The number of carbonyl (C=O) groups excluding carboxylic acids is 1. The van der Waals surface area contributed by atoms with Gasteiger partial charge in [-0.1, -0.05) is 0 Å². The summed E-state index contributed by atoms with van der Waals surface area (Å²) in [6.07, 6.45) is 1.29. The highest BCUT2D eigenvalue weighted by Gasteiger charge is 2.05. The molecule has 4 nitrogen and oxygen atoms in total. The van der Waals surface area contributed by atoms with Crippen molar-refractivity contribution in [3.63, 3.8) is 0 Å². The van der Waals surface area contributed by atoms with Gasteiger partial charge in [0.15, 0.2) is 0 Å². The Balaban J connectivity index is 3.40. The van der Waals surface area contributed by atoms with Crippen LogP contribution in [0.5, 0.6) is 0 Å². The highest BCUT2D eigenvalue weighted by molar-refractivity contribution is 5.75. The van der Waals surface area contributed by atoms with Crippen molar-refractivity contribution in [1.82, 2.24) is 5.32 Å². The van der Waals surface area contributed by atoms with Gasteiger partial charge in [-0.25, -0.2) is 0 Å². The van der Waals surface area contributed by atoms with Crippen LogP contribution in [-0.4, -0.2) is 31.7 Å². The zero-order valence-electron chi connectivity index (χ0n) is 8.67. The van der Waals surface area contributed by atoms with E-state index in [1.807, 2.05) is 13.8 Å². The van der Waals surface area contributed by atoms with Gasteiger partial charge in [-0.3, -0.25) is 4.79 Å². The molecule has 0 saturated heterocycles. The second kappa shape index (κ2) is 6.86. The molecule has 0 aromatic heterocycles. The Morgan fingerprint density at radius 2 is 2.15 bits per heavy atom. The lowest BCUT2D eigenvalue weighted by molar-refractivity contribution is -0.121. The first-order chi connectivity index (χ1) is 6.06. The van der Waals surface area contributed by atoms with E-state index in [9.17, 15) is 4.79 Å². The third-order valence-electron chi connectivity index (χ3n) is 1.82. The molecule has 0 aromatic rings. The standard InChI is InChI=1S/C9H20N2O2/c1-7(10)4-5-9(12)11-6-8(2)13-3/h7-8H,4-6,10H2,1-3H3,(H,11,12). The summed E-state index contributed by atoms with van der Waals surface area (Å²) in [6.45, 7) is 4.37. The molecule has 1 amide bonds. The zero-order chi connectivity index (χ0) is 10.3. The SMILES string of the molecule is COC(C)CNC(=O)CCC(C)N. The Morgan fingerprint density at radius 1 is 1.54 bits per heavy atom. The fraction of sp³-hybridized carbons (Fsp3) is 0.889. The molecule has 0 fully saturated rings. The number of carbonyl (C=O) groups is 1. The number of nitrogens with two attached hydrogens (primary N) is 1. The molecule has 0 heterocycles. The molecule has 0 bridgehead atoms. The first-order valence-corrected chi connectivity index (χ1v) is 4.61. The van der Waals surface area contributed by atoms with E-state index in [0.717, 1.165) is 6.42 Å². The molecule has 0 aromatic carbocycles. The van der Waals surface area contributed by atoms with Gasteiger partial charge in [0.25, 0.3) is 0 Å². The summed E-state index contributed by atoms with van der Waals surface area (Å²) in [7, 11) is 1.62. The molecule has 0 radical (unpaired) electrons. The third kappa shape index (κ3) is 7.74. The summed E-state index contributed by atoms with van der Waals surface area (Å²) in [5, 5.41) is 2.77. The van der Waals surface area contributed by atoms with Gasteiger partial charge in [0.1, 0.15) is 0 Å². The number of hydrogen-bond donors (Lipinski definition) is 2. The number of ether oxygens (including phenoxy) is 1. The minimum Gasteiger partial charge on any atom is -0.380 e. The second-order valence-electron chi connectivity index (χ2n) is 3.37. The van der Waals surface area contributed by atoms with E-state index in [2.05, 4.69) is 5.32 Å². The lowest BCUT2D eigenvalue weighted by atomic mass is 10.2. The van der Waals surface area contributed by atoms with Crippen molar-refractivity contribution >= 4 is 5.91 Å². The van der Waals surface area contributed by atoms with Crippen LogP contribution in [0, 0.1) is 0 Å². The van der Waals surface area contributed by atoms with Crippen molar-refractivity contribution in [3.8, 4) is 0 Å². The summed E-state index contributed by atoms with van der Waals surface area (Å²) < 4.78 is 4.99. The first kappa shape index (κ1) is 12.4. The third-order valence-corrected chi connectivity index (χ3v) is 1.82. The molecular weight excluding hydrogens is 168 g/mol. The number of amides is 1. The van der Waals surface area contributed by atoms with Crippen molar-refractivity contribution in [1.29, 1.82) is 0 Å². The quantitative estimate of drug-likeness (QED) is 0.628. The fourth-order valence-electron chi connectivity index (χ4n) is 0.788. The summed E-state index contributed by atoms with van der Waals surface area (Å²) in [6, 6.07) is 0.0885. The van der Waals surface area contributed by atoms with Crippen LogP contribution in [0.1, 0.15) is 26.7 Å². The molecule has 2 unspecified atom stereocenters. The smallest absolute Gasteiger partial charge is 0.220 e. The maximum atomic E-state index is 11.1. The van der Waals surface area contributed by atoms with Crippen LogP contribution < -0.4 is 11.1 Å². The van der Waals surface area contributed by atoms with Crippen LogP contribution in [0.25, 0.3) is 0 Å². The van der Waals surface area contributed by atoms with Gasteiger partial charge in [0, 0.05) is 26.1 Å². The monoisotopic (exact) mass is 188 g/mol. The molecule has 0 saturated carbocycles. The van der Waals surface area contributed by atoms with Crippen molar-refractivity contribution in [2.45, 2.75) is 38.8 Å². The van der Waals surface area contributed by atoms with Crippen molar-refractivity contribution in [2.75, 3.05) is 13.7 Å². The summed E-state index contributed by atoms with van der Waals surface area (Å²) in [4.78, 5) is 11.1. The summed E-state index contributed by atoms with van der Waals surface area (Å²) in [5.74, 6) is 0.0428. The fourth-order valence-corrected chi connectivity index (χ4v) is 0.788. The van der Waals surface area contributed by atoms with Crippen molar-refractivity contribution < 1.29 is 9.53 Å². The van der Waals surface area contributed by atoms with E-state index < -0.39 is 0 Å². The summed E-state index contributed by atoms with van der Waals surface area (Å²) in [5.41, 5.74) is 5.52. The van der Waals surface area contributed by atoms with E-state index in [4.69, 9.17) is 10.5 Å². The van der Waals surface area contributed by atoms with E-state index in [1.54, 1.807) is 7.11 Å². The van der Waals surface area contributed by atoms with Crippen LogP contribution in [-0.2, 0) is 9.53 Å². The lowest BCUT2D eigenvalue weighted by Crippen LogP contribution is -2.32. The number of methoxy groups -OCH3 is 1. The van der Waals surface area contributed by atoms with E-state index in [-0.39, 0.29) is 18.1 Å². The Morgan fingerprint density at radius 3 is 2.62 bits per heavy atom. The van der Waals surface area contributed by atoms with Crippen LogP contribution >= 0.6 is 0 Å². The largest absolute Gasteiger partial charge is 0.380 e. The Labute approximate surface area is 79.8 Å². The van der Waals surface area contributed by atoms with E-state index >= 15 is 0 Å². The van der Waals surface area contributed by atoms with Gasteiger partial charge in [0.05, 0.1) is 6.10 Å². The van der Waals surface area contributed by atoms with Gasteiger partial charge >= 0.3 is 0 Å². The Bertz CT molecular complexity index is 149. The predicted octanol–water partition coefficient (Wildman–Crippen LogP) is 0.265. The van der Waals surface area contributed by atoms with Crippen molar-refractivity contribution in [2.24, 2.45) is 5.73 Å². The highest BCUT2D eigenvalue weighted by atomic mass is 16.5. The van der Waals surface area contributed by atoms with Crippen LogP contribution in [0.4, 0.5) is 0 Å². The van der Waals surface area contributed by atoms with Crippen LogP contribution in [0.2, 0.25) is 0 Å². The first-order valence-electron chi connectivity index (χ1n) is 4.61. The molecule has 3 N–H and O–H groups in total. The minimum atomic E-state index is 0.0428. The molecule has 0 rings (SSSR count). The molecule has 0 aliphatic heterocycles. The zero-order valence-corrected chi connectivity index (χ0v) is 8.67. The van der Waals surface area contributed by atoms with Gasteiger partial charge < -0.3 is 15.8 Å². The van der Waals surface area contributed by atoms with Crippen molar-refractivity contribution in [3.05, 3.63) is 0 Å². The number of hydrogen-bond acceptors (Lipinski definition) is 3. The number of nitrogens with one attached hydrogen (secondary N) is 1. The van der Waals surface area contributed by atoms with Gasteiger partial charge in [-0.2, -0.15) is 0 Å². The van der Waals surface area contributed by atoms with Crippen LogP contribution in [0.15, 0.2) is 0 Å². The Hall–Kier alpha value is -0.610. The molecule has 0 spiro atoms. The van der Waals surface area contributed by atoms with E-state index in [1.165, 1.54) is 0 Å². The second-order valence-corrected chi connectivity index (χ2v) is 3.37. The molecule has 0 aliphatic carbocycles. The Kier molecular flexibility index (Phi) is 6.54. The molecule has 4 heteroatoms. The van der Waals surface area contributed by atoms with Crippen LogP contribution in [0.3, 0.4) is 0 Å². The maximum absolute atomic E-state index is 11.1. The van der Waals surface area contributed by atoms with Gasteiger partial charge in [-0.15, -0.1) is 0 Å². The molecule has 0 aliphatic rings. The normalized spacial score (nSPS) is 15.1. The lowest BCUT2D eigenvalue weighted by Gasteiger charge is -2.11. The average molecular weight is 188 g/mol. The van der Waals surface area contributed by atoms with E-state index in [0.29, 0.717) is 13.0 Å². The van der Waals surface area contributed by atoms with Gasteiger partial charge in [0.2, 0.25) is 5.91 Å². The minimum absolute atomic E-state index is 0.0428. The molecule has 2 atom stereocenters. The molecule has 13 heavy (non-hydrogen) atoms. The average Bonchev–Trinajstić information content (AvgIpc) is 2.10. The maximum Gasteiger partial charge on any atom is 0.220 e. The molecule has 78 valence electrons. The highest BCUT2D eigenvalue weighted by Crippen LogP contribution is 1.93. The summed E-state index contributed by atoms with van der Waals surface area (Å²) >= 11 is 0. The molecular formula is C9H20N2O2. The predicted molar refractivity (Wildman–Crippen MR) is 52.4 cm³/mol.